The van der Waals surface area contributed by atoms with Gasteiger partial charge in [-0.1, -0.05) is 6.92 Å². The highest BCUT2D eigenvalue weighted by Gasteiger charge is 2.30. The van der Waals surface area contributed by atoms with Gasteiger partial charge in [-0.15, -0.1) is 0 Å². The third-order valence-electron chi connectivity index (χ3n) is 5.43. The maximum absolute atomic E-state index is 13.8. The molecule has 3 N–H and O–H groups in total. The van der Waals surface area contributed by atoms with Crippen LogP contribution in [0, 0.1) is 23.3 Å². The zero-order chi connectivity index (χ0) is 29.6. The maximum Gasteiger partial charge on any atom is 0.305 e. The molecule has 0 saturated heterocycles. The minimum atomic E-state index is -1.92. The second-order valence-electron chi connectivity index (χ2n) is 8.11. The van der Waals surface area contributed by atoms with E-state index in [0.29, 0.717) is 0 Å². The van der Waals surface area contributed by atoms with Gasteiger partial charge in [0.05, 0.1) is 6.42 Å². The van der Waals surface area contributed by atoms with Gasteiger partial charge in [-0.2, -0.15) is 13.2 Å². The van der Waals surface area contributed by atoms with Gasteiger partial charge in [0.25, 0.3) is 11.5 Å². The van der Waals surface area contributed by atoms with Crippen molar-refractivity contribution >= 4 is 40.8 Å². The van der Waals surface area contributed by atoms with Crippen molar-refractivity contribution in [3.63, 3.8) is 0 Å². The molecule has 0 spiro atoms. The molecule has 16 heteroatoms. The Balaban J connectivity index is 1.79. The number of carbonyl (C=O) groups excluding carboxylic acids is 3. The molecule has 40 heavy (non-hydrogen) atoms. The highest BCUT2D eigenvalue weighted by Crippen LogP contribution is 2.26. The minimum absolute atomic E-state index is 0.0291. The Bertz CT molecular complexity index is 1470. The van der Waals surface area contributed by atoms with Crippen LogP contribution in [0.1, 0.15) is 36.3 Å². The topological polar surface area (TPSA) is 157 Å². The van der Waals surface area contributed by atoms with Gasteiger partial charge in [0.2, 0.25) is 17.5 Å². The Morgan fingerprint density at radius 3 is 2.38 bits per heavy atom. The number of hydrogen-bond acceptors (Lipinski definition) is 8. The number of rotatable bonds is 12. The van der Waals surface area contributed by atoms with E-state index < -0.39 is 83.3 Å². The number of aliphatic carboxylic acids is 1. The number of carboxylic acid groups (broad SMARTS) is 1. The van der Waals surface area contributed by atoms with Crippen LogP contribution in [0.25, 0.3) is 0 Å². The Hall–Kier alpha value is -4.60. The summed E-state index contributed by atoms with van der Waals surface area (Å²) in [4.78, 5) is 62.3. The van der Waals surface area contributed by atoms with E-state index in [1.807, 2.05) is 0 Å². The second-order valence-corrected chi connectivity index (χ2v) is 8.77. The number of Topliss-reactive ketones (excluding diaryl/α,β-unsaturated/α-hetero) is 1. The first-order valence-corrected chi connectivity index (χ1v) is 12.2. The van der Waals surface area contributed by atoms with E-state index in [-0.39, 0.29) is 23.9 Å². The van der Waals surface area contributed by atoms with Gasteiger partial charge in [-0.05, 0) is 36.2 Å². The van der Waals surface area contributed by atoms with Crippen LogP contribution in [0.15, 0.2) is 40.6 Å². The number of hydrogen-bond donors (Lipinski definition) is 3. The van der Waals surface area contributed by atoms with Crippen LogP contribution >= 0.6 is 11.5 Å². The summed E-state index contributed by atoms with van der Waals surface area (Å²) < 4.78 is 63.9. The summed E-state index contributed by atoms with van der Waals surface area (Å²) >= 11 is 1.02. The number of carbonyl (C=O) groups is 4. The van der Waals surface area contributed by atoms with Crippen molar-refractivity contribution in [1.29, 1.82) is 0 Å². The van der Waals surface area contributed by atoms with E-state index in [2.05, 4.69) is 19.7 Å². The van der Waals surface area contributed by atoms with Crippen LogP contribution in [-0.4, -0.2) is 50.3 Å². The molecule has 2 amide bonds. The smallest absolute Gasteiger partial charge is 0.305 e. The van der Waals surface area contributed by atoms with E-state index in [4.69, 9.17) is 0 Å². The Labute approximate surface area is 226 Å². The van der Waals surface area contributed by atoms with Crippen molar-refractivity contribution in [2.24, 2.45) is 0 Å². The van der Waals surface area contributed by atoms with Gasteiger partial charge < -0.3 is 25.0 Å². The highest BCUT2D eigenvalue weighted by atomic mass is 32.1. The fourth-order valence-electron chi connectivity index (χ4n) is 3.48. The summed E-state index contributed by atoms with van der Waals surface area (Å²) in [5.41, 5.74) is -0.927. The lowest BCUT2D eigenvalue weighted by Crippen LogP contribution is -2.48. The fraction of sp³-hybridized carbons (Fsp3) is 0.250. The van der Waals surface area contributed by atoms with Gasteiger partial charge >= 0.3 is 5.97 Å². The lowest BCUT2D eigenvalue weighted by atomic mass is 10.1. The van der Waals surface area contributed by atoms with Gasteiger partial charge in [0.15, 0.2) is 23.2 Å². The molecule has 0 fully saturated rings. The standard InChI is InChI=1S/C24H20F4N4O7S/c1-2-16(32-6-3-4-14(24(32)38)29-22(36)13-5-7-40-31-13)23(37)30-15(9-18(34)35)17(33)10-39-21-19(27)11(25)8-12(26)20(21)28/h3-8,15-16H,2,9-10H2,1H3,(H,29,36)(H,30,37)(H,34,35)/t15-,16?/m0/s1. The largest absolute Gasteiger partial charge is 0.481 e. The van der Waals surface area contributed by atoms with Crippen LogP contribution in [0.2, 0.25) is 0 Å². The number of pyridine rings is 1. The first-order chi connectivity index (χ1) is 18.9. The predicted molar refractivity (Wildman–Crippen MR) is 131 cm³/mol. The fourth-order valence-corrected chi connectivity index (χ4v) is 3.99. The molecular weight excluding hydrogens is 564 g/mol. The lowest BCUT2D eigenvalue weighted by Gasteiger charge is -2.22. The lowest BCUT2D eigenvalue weighted by molar-refractivity contribution is -0.140. The van der Waals surface area contributed by atoms with Gasteiger partial charge in [-0.25, -0.2) is 8.78 Å². The molecule has 11 nitrogen and oxygen atoms in total. The van der Waals surface area contributed by atoms with Crippen LogP contribution in [-0.2, 0) is 14.4 Å². The summed E-state index contributed by atoms with van der Waals surface area (Å²) in [7, 11) is 0. The van der Waals surface area contributed by atoms with Gasteiger partial charge in [0, 0.05) is 17.6 Å². The number of aromatic nitrogens is 2. The molecule has 0 saturated carbocycles. The molecular formula is C24H20F4N4O7S. The number of halogens is 4. The SMILES string of the molecule is CCC(C(=O)N[C@@H](CC(=O)O)C(=O)COc1c(F)c(F)cc(F)c1F)n1cccc(NC(=O)c2ccsn2)c1=O. The van der Waals surface area contributed by atoms with Crippen molar-refractivity contribution in [1.82, 2.24) is 14.3 Å². The second kappa shape index (κ2) is 13.0. The first kappa shape index (κ1) is 29.9. The molecule has 2 atom stereocenters. The van der Waals surface area contributed by atoms with E-state index in [1.54, 1.807) is 5.38 Å². The zero-order valence-corrected chi connectivity index (χ0v) is 21.3. The minimum Gasteiger partial charge on any atom is -0.481 e. The molecule has 1 aromatic carbocycles. The average molecular weight is 585 g/mol. The molecule has 212 valence electrons. The summed E-state index contributed by atoms with van der Waals surface area (Å²) in [5, 5.41) is 15.3. The van der Waals surface area contributed by atoms with E-state index in [0.717, 1.165) is 16.1 Å². The average Bonchev–Trinajstić information content (AvgIpc) is 3.44. The highest BCUT2D eigenvalue weighted by molar-refractivity contribution is 7.03. The normalized spacial score (nSPS) is 12.3. The Kier molecular flexibility index (Phi) is 9.71. The molecule has 0 bridgehead atoms. The van der Waals surface area contributed by atoms with Gasteiger partial charge in [0.1, 0.15) is 30.1 Å². The number of ether oxygens (including phenoxy) is 1. The summed E-state index contributed by atoms with van der Waals surface area (Å²) in [6.07, 6.45) is 0.208. The molecule has 3 rings (SSSR count). The molecule has 2 aromatic heterocycles. The van der Waals surface area contributed by atoms with E-state index in [1.165, 1.54) is 31.3 Å². The van der Waals surface area contributed by atoms with Gasteiger partial charge in [-0.3, -0.25) is 24.0 Å². The summed E-state index contributed by atoms with van der Waals surface area (Å²) in [6.45, 7) is 0.252. The number of benzene rings is 1. The molecule has 2 heterocycles. The number of amides is 2. The number of ketones is 1. The first-order valence-electron chi connectivity index (χ1n) is 11.4. The molecule has 1 unspecified atom stereocenters. The summed E-state index contributed by atoms with van der Waals surface area (Å²) in [6, 6.07) is 0.908. The summed E-state index contributed by atoms with van der Waals surface area (Å²) in [5.74, 6) is -13.4. The van der Waals surface area contributed by atoms with Crippen molar-refractivity contribution in [2.45, 2.75) is 31.8 Å². The van der Waals surface area contributed by atoms with Crippen LogP contribution in [0.3, 0.4) is 0 Å². The zero-order valence-electron chi connectivity index (χ0n) is 20.5. The Morgan fingerprint density at radius 2 is 1.80 bits per heavy atom. The van der Waals surface area contributed by atoms with Crippen molar-refractivity contribution in [2.75, 3.05) is 11.9 Å². The van der Waals surface area contributed by atoms with Crippen molar-refractivity contribution < 1.29 is 46.6 Å². The Morgan fingerprint density at radius 1 is 1.12 bits per heavy atom. The molecule has 0 aliphatic rings. The van der Waals surface area contributed by atoms with Crippen LogP contribution in [0.4, 0.5) is 23.2 Å². The number of carboxylic acids is 1. The predicted octanol–water partition coefficient (Wildman–Crippen LogP) is 2.67. The van der Waals surface area contributed by atoms with Crippen molar-refractivity contribution in [3.8, 4) is 5.75 Å². The number of nitrogens with one attached hydrogen (secondary N) is 2. The molecule has 0 radical (unpaired) electrons. The molecule has 3 aromatic rings. The quantitative estimate of drug-likeness (QED) is 0.217. The third-order valence-corrected chi connectivity index (χ3v) is 5.99. The maximum atomic E-state index is 13.8. The molecule has 0 aliphatic carbocycles. The van der Waals surface area contributed by atoms with E-state index >= 15 is 0 Å². The third kappa shape index (κ3) is 6.88. The van der Waals surface area contributed by atoms with Crippen molar-refractivity contribution in [3.05, 3.63) is 75.2 Å². The molecule has 0 aliphatic heterocycles. The van der Waals surface area contributed by atoms with E-state index in [9.17, 15) is 46.6 Å². The number of anilines is 1. The number of nitrogens with zero attached hydrogens (tertiary/aromatic N) is 2. The van der Waals surface area contributed by atoms with Crippen LogP contribution in [0.5, 0.6) is 5.75 Å². The van der Waals surface area contributed by atoms with Crippen LogP contribution < -0.4 is 20.9 Å². The monoisotopic (exact) mass is 584 g/mol.